The molecule has 11 aromatic rings. The van der Waals surface area contributed by atoms with Crippen molar-refractivity contribution in [3.63, 3.8) is 0 Å². The topological polar surface area (TPSA) is 8.17 Å². The van der Waals surface area contributed by atoms with Crippen molar-refractivity contribution < 1.29 is 0 Å². The maximum absolute atomic E-state index is 2.44. The van der Waals surface area contributed by atoms with Crippen molar-refractivity contribution >= 4 is 113 Å². The highest BCUT2D eigenvalue weighted by molar-refractivity contribution is 7.27. The summed E-state index contributed by atoms with van der Waals surface area (Å²) >= 11 is 3.76. The summed E-state index contributed by atoms with van der Waals surface area (Å²) in [7, 11) is 0. The Morgan fingerprint density at radius 2 is 0.920 bits per heavy atom. The number of hydrogen-bond acceptors (Lipinski definition) is 3. The monoisotopic (exact) mass is 672 g/mol. The van der Waals surface area contributed by atoms with E-state index in [4.69, 9.17) is 0 Å². The highest BCUT2D eigenvalue weighted by atomic mass is 32.1. The second-order valence-corrected chi connectivity index (χ2v) is 15.1. The van der Waals surface area contributed by atoms with Crippen LogP contribution in [0, 0.1) is 0 Å². The largest absolute Gasteiger partial charge is 0.310 e. The third kappa shape index (κ3) is 4.13. The minimum absolute atomic E-state index is 1.13. The number of fused-ring (bicyclic) bond motifs is 11. The summed E-state index contributed by atoms with van der Waals surface area (Å²) in [5, 5.41) is 10.4. The lowest BCUT2D eigenvalue weighted by Gasteiger charge is -2.26. The molecule has 3 aromatic heterocycles. The Balaban J connectivity index is 1.17. The SMILES string of the molecule is c1ccc(-n2c3ccccc3c3ccc(N(c4ccc5c(c4)sc4ccccc45)c4ccc5c(c4)sc4c6ccccc6ccc54)cc32)cc1. The fourth-order valence-corrected chi connectivity index (χ4v) is 10.3. The molecule has 0 atom stereocenters. The summed E-state index contributed by atoms with van der Waals surface area (Å²) in [6.45, 7) is 0. The molecule has 0 saturated carbocycles. The van der Waals surface area contributed by atoms with E-state index >= 15 is 0 Å². The second kappa shape index (κ2) is 10.8. The average molecular weight is 673 g/mol. The van der Waals surface area contributed by atoms with E-state index in [0.717, 1.165) is 22.7 Å². The Morgan fingerprint density at radius 3 is 1.74 bits per heavy atom. The first-order chi connectivity index (χ1) is 24.8. The Bertz CT molecular complexity index is 3110. The molecule has 2 nitrogen and oxygen atoms in total. The van der Waals surface area contributed by atoms with Gasteiger partial charge in [0.05, 0.1) is 11.0 Å². The molecule has 0 fully saturated rings. The molecule has 50 heavy (non-hydrogen) atoms. The van der Waals surface area contributed by atoms with Crippen LogP contribution in [0.25, 0.3) is 78.6 Å². The molecule has 0 bridgehead atoms. The summed E-state index contributed by atoms with van der Waals surface area (Å²) < 4.78 is 7.66. The van der Waals surface area contributed by atoms with E-state index in [2.05, 4.69) is 179 Å². The lowest BCUT2D eigenvalue weighted by atomic mass is 10.1. The van der Waals surface area contributed by atoms with Gasteiger partial charge in [-0.15, -0.1) is 22.7 Å². The van der Waals surface area contributed by atoms with Gasteiger partial charge in [-0.25, -0.2) is 0 Å². The van der Waals surface area contributed by atoms with E-state index in [-0.39, 0.29) is 0 Å². The smallest absolute Gasteiger partial charge is 0.0561 e. The van der Waals surface area contributed by atoms with Crippen molar-refractivity contribution in [2.75, 3.05) is 4.90 Å². The standard InChI is InChI=1S/C46H28N2S2/c1-2-11-30(12-3-1)48-41-16-8-6-14-35(41)36-23-19-31(26-42(36)48)47(32-20-24-38-37-15-7-9-17-43(37)49-44(38)27-32)33-21-25-39-40-22-18-29-10-4-5-13-34(29)46(40)50-45(39)28-33/h1-28H. The first-order valence-corrected chi connectivity index (χ1v) is 18.6. The molecule has 0 spiro atoms. The summed E-state index contributed by atoms with van der Waals surface area (Å²) in [4.78, 5) is 2.44. The van der Waals surface area contributed by atoms with Crippen molar-refractivity contribution in [2.45, 2.75) is 0 Å². The summed E-state index contributed by atoms with van der Waals surface area (Å²) in [6, 6.07) is 62.4. The van der Waals surface area contributed by atoms with Gasteiger partial charge in [0.2, 0.25) is 0 Å². The lowest BCUT2D eigenvalue weighted by molar-refractivity contribution is 1.18. The first-order valence-electron chi connectivity index (χ1n) is 16.9. The number of nitrogens with zero attached hydrogens (tertiary/aromatic N) is 2. The molecule has 0 radical (unpaired) electrons. The third-order valence-corrected chi connectivity index (χ3v) is 12.5. The van der Waals surface area contributed by atoms with Gasteiger partial charge in [-0.3, -0.25) is 0 Å². The molecule has 8 aromatic carbocycles. The van der Waals surface area contributed by atoms with Crippen LogP contribution in [-0.2, 0) is 0 Å². The lowest BCUT2D eigenvalue weighted by Crippen LogP contribution is -2.10. The molecule has 11 rings (SSSR count). The maximum atomic E-state index is 2.44. The van der Waals surface area contributed by atoms with Gasteiger partial charge in [0, 0.05) is 73.9 Å². The summed E-state index contributed by atoms with van der Waals surface area (Å²) in [5.41, 5.74) is 6.99. The molecule has 0 aliphatic rings. The fourth-order valence-electron chi connectivity index (χ4n) is 7.89. The van der Waals surface area contributed by atoms with E-state index in [9.17, 15) is 0 Å². The van der Waals surface area contributed by atoms with Gasteiger partial charge < -0.3 is 9.47 Å². The Labute approximate surface area is 296 Å². The van der Waals surface area contributed by atoms with Crippen LogP contribution in [0.5, 0.6) is 0 Å². The van der Waals surface area contributed by atoms with Crippen LogP contribution in [0.15, 0.2) is 170 Å². The zero-order valence-electron chi connectivity index (χ0n) is 26.9. The Kier molecular flexibility index (Phi) is 6.03. The number of thiophene rings is 2. The van der Waals surface area contributed by atoms with E-state index in [0.29, 0.717) is 0 Å². The molecule has 0 unspecified atom stereocenters. The minimum atomic E-state index is 1.13. The molecule has 0 amide bonds. The van der Waals surface area contributed by atoms with Crippen molar-refractivity contribution in [3.05, 3.63) is 170 Å². The van der Waals surface area contributed by atoms with E-state index in [1.54, 1.807) is 0 Å². The van der Waals surface area contributed by atoms with Gasteiger partial charge in [0.25, 0.3) is 0 Å². The van der Waals surface area contributed by atoms with Crippen LogP contribution in [0.2, 0.25) is 0 Å². The van der Waals surface area contributed by atoms with Gasteiger partial charge in [-0.2, -0.15) is 0 Å². The predicted molar refractivity (Wildman–Crippen MR) is 219 cm³/mol. The number of para-hydroxylation sites is 2. The van der Waals surface area contributed by atoms with Crippen LogP contribution in [-0.4, -0.2) is 4.57 Å². The van der Waals surface area contributed by atoms with E-state index in [1.807, 2.05) is 22.7 Å². The zero-order chi connectivity index (χ0) is 32.8. The van der Waals surface area contributed by atoms with Gasteiger partial charge in [-0.05, 0) is 71.4 Å². The van der Waals surface area contributed by atoms with Crippen LogP contribution in [0.3, 0.4) is 0 Å². The molecule has 0 aliphatic heterocycles. The molecule has 3 heterocycles. The van der Waals surface area contributed by atoms with Crippen LogP contribution < -0.4 is 4.90 Å². The van der Waals surface area contributed by atoms with Crippen molar-refractivity contribution in [1.29, 1.82) is 0 Å². The van der Waals surface area contributed by atoms with Gasteiger partial charge in [0.15, 0.2) is 0 Å². The molecule has 0 saturated heterocycles. The van der Waals surface area contributed by atoms with E-state index < -0.39 is 0 Å². The van der Waals surface area contributed by atoms with Crippen molar-refractivity contribution in [3.8, 4) is 5.69 Å². The van der Waals surface area contributed by atoms with E-state index in [1.165, 1.54) is 72.9 Å². The quantitative estimate of drug-likeness (QED) is 0.181. The third-order valence-electron chi connectivity index (χ3n) is 10.2. The summed E-state index contributed by atoms with van der Waals surface area (Å²) in [6.07, 6.45) is 0. The second-order valence-electron chi connectivity index (χ2n) is 12.9. The molecule has 234 valence electrons. The van der Waals surface area contributed by atoms with Crippen molar-refractivity contribution in [1.82, 2.24) is 4.57 Å². The van der Waals surface area contributed by atoms with Crippen LogP contribution in [0.4, 0.5) is 17.1 Å². The molecular formula is C46H28N2S2. The number of benzene rings is 8. The highest BCUT2D eigenvalue weighted by Gasteiger charge is 2.20. The first kappa shape index (κ1) is 28.0. The number of aromatic nitrogens is 1. The maximum Gasteiger partial charge on any atom is 0.0561 e. The number of rotatable bonds is 4. The molecule has 0 N–H and O–H groups in total. The van der Waals surface area contributed by atoms with Gasteiger partial charge in [-0.1, -0.05) is 109 Å². The van der Waals surface area contributed by atoms with Crippen LogP contribution >= 0.6 is 22.7 Å². The van der Waals surface area contributed by atoms with Gasteiger partial charge >= 0.3 is 0 Å². The normalized spacial score (nSPS) is 12.0. The Hall–Kier alpha value is -5.94. The number of hydrogen-bond donors (Lipinski definition) is 0. The minimum Gasteiger partial charge on any atom is -0.310 e. The fraction of sp³-hybridized carbons (Fsp3) is 0. The molecule has 4 heteroatoms. The molecular weight excluding hydrogens is 645 g/mol. The number of anilines is 3. The zero-order valence-corrected chi connectivity index (χ0v) is 28.5. The van der Waals surface area contributed by atoms with Crippen molar-refractivity contribution in [2.24, 2.45) is 0 Å². The summed E-state index contributed by atoms with van der Waals surface area (Å²) in [5.74, 6) is 0. The average Bonchev–Trinajstić information content (AvgIpc) is 3.84. The predicted octanol–water partition coefficient (Wildman–Crippen LogP) is 14.1. The highest BCUT2D eigenvalue weighted by Crippen LogP contribution is 2.45. The molecule has 0 aliphatic carbocycles. The Morgan fingerprint density at radius 1 is 0.360 bits per heavy atom. The van der Waals surface area contributed by atoms with Crippen LogP contribution in [0.1, 0.15) is 0 Å². The van der Waals surface area contributed by atoms with Gasteiger partial charge in [0.1, 0.15) is 0 Å².